The molecule has 152 valence electrons. The molecule has 0 radical (unpaired) electrons. The van der Waals surface area contributed by atoms with E-state index in [2.05, 4.69) is 15.3 Å². The molecule has 0 fully saturated rings. The Hall–Kier alpha value is -3.01. The van der Waals surface area contributed by atoms with E-state index in [-0.39, 0.29) is 11.7 Å². The first-order valence-electron chi connectivity index (χ1n) is 9.04. The number of benzene rings is 1. The van der Waals surface area contributed by atoms with Gasteiger partial charge in [-0.05, 0) is 19.1 Å². The molecule has 0 aromatic heterocycles. The highest BCUT2D eigenvalue weighted by atomic mass is 32.2. The first-order valence-corrected chi connectivity index (χ1v) is 10.0. The van der Waals surface area contributed by atoms with Gasteiger partial charge in [0.1, 0.15) is 10.8 Å². The number of imide groups is 1. The van der Waals surface area contributed by atoms with Gasteiger partial charge < -0.3 is 10.1 Å². The van der Waals surface area contributed by atoms with Crippen LogP contribution in [-0.4, -0.2) is 70.5 Å². The van der Waals surface area contributed by atoms with Gasteiger partial charge in [0.15, 0.2) is 5.92 Å². The van der Waals surface area contributed by atoms with Crippen LogP contribution in [0.1, 0.15) is 13.8 Å². The predicted molar refractivity (Wildman–Crippen MR) is 112 cm³/mol. The van der Waals surface area contributed by atoms with E-state index in [0.29, 0.717) is 34.8 Å². The second-order valence-electron chi connectivity index (χ2n) is 6.41. The molecule has 0 saturated carbocycles. The lowest BCUT2D eigenvalue weighted by atomic mass is 10.1. The van der Waals surface area contributed by atoms with Crippen molar-refractivity contribution in [3.05, 3.63) is 24.3 Å². The summed E-state index contributed by atoms with van der Waals surface area (Å²) >= 11 is 1.15. The molecule has 4 amide bonds. The number of aliphatic imine (C=N–C) groups is 2. The molecular formula is C19H22N5O4S+. The molecule has 0 saturated heterocycles. The number of rotatable bonds is 5. The van der Waals surface area contributed by atoms with Crippen LogP contribution in [0.5, 0.6) is 5.75 Å². The minimum atomic E-state index is -0.792. The van der Waals surface area contributed by atoms with E-state index in [1.54, 1.807) is 32.2 Å². The van der Waals surface area contributed by atoms with Crippen LogP contribution in [0.4, 0.5) is 10.5 Å². The van der Waals surface area contributed by atoms with Gasteiger partial charge in [-0.1, -0.05) is 28.9 Å². The zero-order valence-corrected chi connectivity index (χ0v) is 17.4. The third kappa shape index (κ3) is 4.21. The highest BCUT2D eigenvalue weighted by Crippen LogP contribution is 2.27. The molecule has 1 atom stereocenters. The monoisotopic (exact) mass is 416 g/mol. The van der Waals surface area contributed by atoms with Crippen molar-refractivity contribution in [2.24, 2.45) is 15.9 Å². The zero-order valence-electron chi connectivity index (χ0n) is 16.6. The van der Waals surface area contributed by atoms with Crippen molar-refractivity contribution in [3.63, 3.8) is 0 Å². The summed E-state index contributed by atoms with van der Waals surface area (Å²) in [5.74, 6) is -0.0650. The van der Waals surface area contributed by atoms with E-state index < -0.39 is 17.9 Å². The van der Waals surface area contributed by atoms with Gasteiger partial charge in [0, 0.05) is 6.92 Å². The molecule has 0 bridgehead atoms. The molecule has 9 nitrogen and oxygen atoms in total. The van der Waals surface area contributed by atoms with E-state index in [1.165, 1.54) is 11.6 Å². The van der Waals surface area contributed by atoms with Crippen molar-refractivity contribution in [1.82, 2.24) is 4.90 Å². The lowest BCUT2D eigenvalue weighted by molar-refractivity contribution is -0.407. The number of carbonyl (C=O) groups is 3. The molecule has 1 N–H and O–H groups in total. The second-order valence-corrected chi connectivity index (χ2v) is 7.40. The number of fused-ring (bicyclic) bond motifs is 1. The number of urea groups is 1. The molecule has 2 aliphatic heterocycles. The predicted octanol–water partition coefficient (Wildman–Crippen LogP) is 1.84. The highest BCUT2D eigenvalue weighted by molar-refractivity contribution is 8.14. The maximum Gasteiger partial charge on any atom is 0.445 e. The molecular weight excluding hydrogens is 394 g/mol. The van der Waals surface area contributed by atoms with Gasteiger partial charge in [-0.15, -0.1) is 0 Å². The van der Waals surface area contributed by atoms with Gasteiger partial charge in [-0.3, -0.25) is 9.59 Å². The Balaban J connectivity index is 1.75. The standard InChI is InChI=1S/C19H21N5O4S/c1-5-28-13-9-7-6-8-12(13)22-14(25)10-29-17-15-16(20-11(2)21-17)23(3)19(27)24(4)18(15)26/h6-9,15H,5,10H2,1-4H3/p+1. The summed E-state index contributed by atoms with van der Waals surface area (Å²) in [4.78, 5) is 47.0. The van der Waals surface area contributed by atoms with Gasteiger partial charge in [0.05, 0.1) is 32.1 Å². The molecule has 29 heavy (non-hydrogen) atoms. The van der Waals surface area contributed by atoms with Crippen LogP contribution in [0.25, 0.3) is 0 Å². The summed E-state index contributed by atoms with van der Waals surface area (Å²) in [5.41, 5.74) is 0.578. The maximum atomic E-state index is 12.7. The average molecular weight is 416 g/mol. The van der Waals surface area contributed by atoms with Crippen LogP contribution in [0.15, 0.2) is 34.3 Å². The summed E-state index contributed by atoms with van der Waals surface area (Å²) in [7, 11) is 2.98. The Morgan fingerprint density at radius 2 is 2.03 bits per heavy atom. The third-order valence-corrected chi connectivity index (χ3v) is 5.39. The van der Waals surface area contributed by atoms with E-state index >= 15 is 0 Å². The minimum Gasteiger partial charge on any atom is -0.492 e. The van der Waals surface area contributed by atoms with E-state index in [9.17, 15) is 14.4 Å². The number of amides is 4. The number of ether oxygens (including phenoxy) is 1. The summed E-state index contributed by atoms with van der Waals surface area (Å²) in [6, 6.07) is 6.72. The van der Waals surface area contributed by atoms with Gasteiger partial charge in [0.25, 0.3) is 5.84 Å². The molecule has 1 aromatic carbocycles. The highest BCUT2D eigenvalue weighted by Gasteiger charge is 2.48. The molecule has 2 heterocycles. The van der Waals surface area contributed by atoms with Crippen molar-refractivity contribution in [1.29, 1.82) is 0 Å². The van der Waals surface area contributed by atoms with Crippen LogP contribution in [-0.2, 0) is 9.59 Å². The number of thioether (sulfide) groups is 1. The lowest BCUT2D eigenvalue weighted by Crippen LogP contribution is -2.54. The summed E-state index contributed by atoms with van der Waals surface area (Å²) in [5, 5.41) is 3.26. The maximum absolute atomic E-state index is 12.7. The summed E-state index contributed by atoms with van der Waals surface area (Å²) < 4.78 is 6.85. The Kier molecular flexibility index (Phi) is 6.12. The topological polar surface area (TPSA) is 103 Å². The SMILES string of the molecule is CCOc1ccccc1NC(=O)CSC1=NC(C)=NC2=[N+](C)C(=O)N(C)C(=O)C12. The quantitative estimate of drug-likeness (QED) is 0.738. The molecule has 0 spiro atoms. The number of nitrogens with one attached hydrogen (secondary N) is 1. The third-order valence-electron chi connectivity index (χ3n) is 4.36. The number of hydrogen-bond donors (Lipinski definition) is 1. The smallest absolute Gasteiger partial charge is 0.445 e. The van der Waals surface area contributed by atoms with Gasteiger partial charge in [-0.2, -0.15) is 9.48 Å². The number of nitrogens with zero attached hydrogens (tertiary/aromatic N) is 4. The number of carbonyl (C=O) groups excluding carboxylic acids is 3. The number of para-hydroxylation sites is 2. The Morgan fingerprint density at radius 3 is 2.76 bits per heavy atom. The van der Waals surface area contributed by atoms with Crippen LogP contribution in [0, 0.1) is 5.92 Å². The summed E-state index contributed by atoms with van der Waals surface area (Å²) in [6.45, 7) is 4.04. The fourth-order valence-electron chi connectivity index (χ4n) is 2.98. The molecule has 3 rings (SSSR count). The van der Waals surface area contributed by atoms with Crippen molar-refractivity contribution in [2.75, 3.05) is 31.8 Å². The molecule has 0 aliphatic carbocycles. The summed E-state index contributed by atoms with van der Waals surface area (Å²) in [6.07, 6.45) is 0. The van der Waals surface area contributed by atoms with E-state index in [1.807, 2.05) is 13.0 Å². The second kappa shape index (κ2) is 8.56. The van der Waals surface area contributed by atoms with Gasteiger partial charge >= 0.3 is 11.9 Å². The van der Waals surface area contributed by atoms with Crippen LogP contribution in [0.2, 0.25) is 0 Å². The number of hydrogen-bond acceptors (Lipinski definition) is 7. The van der Waals surface area contributed by atoms with Gasteiger partial charge in [-0.25, -0.2) is 9.79 Å². The van der Waals surface area contributed by atoms with Crippen LogP contribution < -0.4 is 10.1 Å². The fraction of sp³-hybridized carbons (Fsp3) is 0.368. The van der Waals surface area contributed by atoms with Crippen molar-refractivity contribution in [2.45, 2.75) is 13.8 Å². The van der Waals surface area contributed by atoms with Crippen molar-refractivity contribution >= 4 is 52.0 Å². The normalized spacial score (nSPS) is 18.9. The largest absolute Gasteiger partial charge is 0.492 e. The van der Waals surface area contributed by atoms with Crippen LogP contribution in [0.3, 0.4) is 0 Å². The molecule has 2 aliphatic rings. The Morgan fingerprint density at radius 1 is 1.31 bits per heavy atom. The average Bonchev–Trinajstić information content (AvgIpc) is 2.70. The molecule has 1 unspecified atom stereocenters. The van der Waals surface area contributed by atoms with Gasteiger partial charge in [0.2, 0.25) is 11.7 Å². The van der Waals surface area contributed by atoms with Crippen molar-refractivity contribution in [3.8, 4) is 5.75 Å². The first kappa shape index (κ1) is 20.7. The number of anilines is 1. The van der Waals surface area contributed by atoms with Crippen molar-refractivity contribution < 1.29 is 23.7 Å². The first-order chi connectivity index (χ1) is 13.8. The zero-order chi connectivity index (χ0) is 21.1. The van der Waals surface area contributed by atoms with Crippen LogP contribution >= 0.6 is 11.8 Å². The number of amidine groups is 2. The Bertz CT molecular complexity index is 969. The Labute approximate surface area is 172 Å². The fourth-order valence-corrected chi connectivity index (χ4v) is 3.90. The lowest BCUT2D eigenvalue weighted by Gasteiger charge is -2.26. The van der Waals surface area contributed by atoms with E-state index in [0.717, 1.165) is 16.7 Å². The molecule has 10 heteroatoms. The van der Waals surface area contributed by atoms with E-state index in [4.69, 9.17) is 4.74 Å². The molecule has 1 aromatic rings. The minimum absolute atomic E-state index is 0.0466.